The number of aliphatic hydroxyl groups is 1. The van der Waals surface area contributed by atoms with Crippen LogP contribution < -0.4 is 4.74 Å². The van der Waals surface area contributed by atoms with Crippen molar-refractivity contribution in [3.05, 3.63) is 42.0 Å². The minimum atomic E-state index is -0.653. The van der Waals surface area contributed by atoms with Crippen LogP contribution >= 0.6 is 0 Å². The number of carbonyl (C=O) groups is 1. The van der Waals surface area contributed by atoms with Crippen molar-refractivity contribution in [2.45, 2.75) is 19.1 Å². The molecule has 3 rings (SSSR count). The molecule has 1 aromatic carbocycles. The molecular weight excluding hydrogens is 322 g/mol. The van der Waals surface area contributed by atoms with E-state index in [1.807, 2.05) is 19.1 Å². The number of aliphatic hydroxyl groups excluding tert-OH is 1. The van der Waals surface area contributed by atoms with Gasteiger partial charge >= 0.3 is 0 Å². The second-order valence-electron chi connectivity index (χ2n) is 5.81. The Morgan fingerprint density at radius 1 is 1.32 bits per heavy atom. The van der Waals surface area contributed by atoms with Gasteiger partial charge in [-0.05, 0) is 25.1 Å². The molecule has 2 heterocycles. The van der Waals surface area contributed by atoms with Gasteiger partial charge in [-0.3, -0.25) is 4.79 Å². The Bertz CT molecular complexity index is 735. The molecule has 0 aliphatic carbocycles. The summed E-state index contributed by atoms with van der Waals surface area (Å²) >= 11 is 0. The minimum Gasteiger partial charge on any atom is -0.480 e. The second kappa shape index (κ2) is 7.58. The Morgan fingerprint density at radius 2 is 2.16 bits per heavy atom. The third-order valence-corrected chi connectivity index (χ3v) is 4.28. The first-order chi connectivity index (χ1) is 12.1. The molecule has 1 saturated heterocycles. The monoisotopic (exact) mass is 343 g/mol. The summed E-state index contributed by atoms with van der Waals surface area (Å²) < 4.78 is 10.3. The van der Waals surface area contributed by atoms with Crippen molar-refractivity contribution in [2.75, 3.05) is 26.9 Å². The van der Waals surface area contributed by atoms with Crippen LogP contribution in [0.3, 0.4) is 0 Å². The largest absolute Gasteiger partial charge is 0.480 e. The van der Waals surface area contributed by atoms with Crippen molar-refractivity contribution in [1.82, 2.24) is 15.1 Å². The van der Waals surface area contributed by atoms with Gasteiger partial charge in [0.25, 0.3) is 5.91 Å². The molecule has 0 saturated carbocycles. The first-order valence-electron chi connectivity index (χ1n) is 8.19. The van der Waals surface area contributed by atoms with Gasteiger partial charge in [0.2, 0.25) is 5.88 Å². The molecule has 1 fully saturated rings. The molecule has 7 nitrogen and oxygen atoms in total. The smallest absolute Gasteiger partial charge is 0.254 e. The summed E-state index contributed by atoms with van der Waals surface area (Å²) in [7, 11) is 1.53. The Hall–Kier alpha value is -2.51. The van der Waals surface area contributed by atoms with Gasteiger partial charge in [-0.1, -0.05) is 12.1 Å². The molecule has 2 atom stereocenters. The number of aromatic nitrogens is 2. The van der Waals surface area contributed by atoms with Crippen molar-refractivity contribution >= 4 is 5.91 Å². The summed E-state index contributed by atoms with van der Waals surface area (Å²) in [4.78, 5) is 14.5. The molecule has 25 heavy (non-hydrogen) atoms. The van der Waals surface area contributed by atoms with Crippen LogP contribution in [-0.4, -0.2) is 65.1 Å². The first kappa shape index (κ1) is 17.3. The van der Waals surface area contributed by atoms with Crippen LogP contribution in [-0.2, 0) is 4.74 Å². The van der Waals surface area contributed by atoms with Gasteiger partial charge in [-0.25, -0.2) is 0 Å². The highest BCUT2D eigenvalue weighted by Gasteiger charge is 2.34. The number of methoxy groups -OCH3 is 1. The number of likely N-dealkylation sites (N-methyl/N-ethyl adjacent to an activating group) is 1. The standard InChI is InChI=1S/C18H21N3O4/c1-3-21(15-10-25-11-16(15)22)18(23)13-6-4-5-12(9-13)14-7-8-17(24-2)20-19-14/h4-9,15-16,22H,3,10-11H2,1-2H3/t15-,16-/m0/s1. The fraction of sp³-hybridized carbons (Fsp3) is 0.389. The number of nitrogens with zero attached hydrogens (tertiary/aromatic N) is 3. The van der Waals surface area contributed by atoms with Crippen molar-refractivity contribution in [3.63, 3.8) is 0 Å². The van der Waals surface area contributed by atoms with Gasteiger partial charge in [0, 0.05) is 23.7 Å². The summed E-state index contributed by atoms with van der Waals surface area (Å²) in [5.41, 5.74) is 1.99. The van der Waals surface area contributed by atoms with E-state index >= 15 is 0 Å². The molecule has 0 bridgehead atoms. The van der Waals surface area contributed by atoms with Crippen LogP contribution in [0.4, 0.5) is 0 Å². The van der Waals surface area contributed by atoms with Crippen LogP contribution in [0.1, 0.15) is 17.3 Å². The average Bonchev–Trinajstić information content (AvgIpc) is 3.08. The SMILES string of the molecule is CCN(C(=O)c1cccc(-c2ccc(OC)nn2)c1)[C@H]1COC[C@@H]1O. The zero-order valence-electron chi connectivity index (χ0n) is 14.3. The Labute approximate surface area is 146 Å². The number of ether oxygens (including phenoxy) is 2. The zero-order valence-corrected chi connectivity index (χ0v) is 14.3. The third-order valence-electron chi connectivity index (χ3n) is 4.28. The van der Waals surface area contributed by atoms with Crippen LogP contribution in [0.5, 0.6) is 5.88 Å². The summed E-state index contributed by atoms with van der Waals surface area (Å²) in [6.45, 7) is 3.00. The van der Waals surface area contributed by atoms with E-state index in [-0.39, 0.29) is 18.6 Å². The van der Waals surface area contributed by atoms with Crippen molar-refractivity contribution in [1.29, 1.82) is 0 Å². The van der Waals surface area contributed by atoms with Crippen molar-refractivity contribution in [2.24, 2.45) is 0 Å². The normalized spacial score (nSPS) is 19.6. The fourth-order valence-corrected chi connectivity index (χ4v) is 2.92. The van der Waals surface area contributed by atoms with Crippen molar-refractivity contribution in [3.8, 4) is 17.1 Å². The number of hydrogen-bond acceptors (Lipinski definition) is 6. The van der Waals surface area contributed by atoms with Crippen LogP contribution in [0.25, 0.3) is 11.3 Å². The molecule has 1 aliphatic heterocycles. The summed E-state index contributed by atoms with van der Waals surface area (Å²) in [5.74, 6) is 0.295. The molecule has 0 spiro atoms. The molecule has 1 N–H and O–H groups in total. The Balaban J connectivity index is 1.85. The van der Waals surface area contributed by atoms with Gasteiger partial charge in [0.05, 0.1) is 38.2 Å². The maximum absolute atomic E-state index is 12.9. The molecule has 1 amide bonds. The zero-order chi connectivity index (χ0) is 17.8. The molecule has 7 heteroatoms. The highest BCUT2D eigenvalue weighted by molar-refractivity contribution is 5.95. The summed E-state index contributed by atoms with van der Waals surface area (Å²) in [6.07, 6.45) is -0.653. The van der Waals surface area contributed by atoms with E-state index in [1.165, 1.54) is 7.11 Å². The van der Waals surface area contributed by atoms with E-state index in [9.17, 15) is 9.90 Å². The fourth-order valence-electron chi connectivity index (χ4n) is 2.92. The Morgan fingerprint density at radius 3 is 2.76 bits per heavy atom. The molecule has 132 valence electrons. The number of carbonyl (C=O) groups excluding carboxylic acids is 1. The van der Waals surface area contributed by atoms with E-state index in [1.54, 1.807) is 29.2 Å². The topological polar surface area (TPSA) is 84.8 Å². The van der Waals surface area contributed by atoms with Crippen LogP contribution in [0.15, 0.2) is 36.4 Å². The van der Waals surface area contributed by atoms with Crippen molar-refractivity contribution < 1.29 is 19.4 Å². The quantitative estimate of drug-likeness (QED) is 0.883. The molecule has 2 aromatic rings. The van der Waals surface area contributed by atoms with Crippen LogP contribution in [0.2, 0.25) is 0 Å². The lowest BCUT2D eigenvalue weighted by Gasteiger charge is -2.29. The summed E-state index contributed by atoms with van der Waals surface area (Å²) in [6, 6.07) is 10.4. The molecule has 0 radical (unpaired) electrons. The lowest BCUT2D eigenvalue weighted by Crippen LogP contribution is -2.46. The minimum absolute atomic E-state index is 0.139. The maximum Gasteiger partial charge on any atom is 0.254 e. The van der Waals surface area contributed by atoms with Gasteiger partial charge in [0.15, 0.2) is 0 Å². The second-order valence-corrected chi connectivity index (χ2v) is 5.81. The molecule has 0 unspecified atom stereocenters. The molecule has 1 aliphatic rings. The van der Waals surface area contributed by atoms with Crippen LogP contribution in [0, 0.1) is 0 Å². The van der Waals surface area contributed by atoms with E-state index in [2.05, 4.69) is 10.2 Å². The van der Waals surface area contributed by atoms with Gasteiger partial charge in [0.1, 0.15) is 0 Å². The van der Waals surface area contributed by atoms with Gasteiger partial charge in [-0.15, -0.1) is 10.2 Å². The van der Waals surface area contributed by atoms with E-state index < -0.39 is 6.10 Å². The van der Waals surface area contributed by atoms with E-state index in [0.717, 1.165) is 5.56 Å². The van der Waals surface area contributed by atoms with Gasteiger partial charge < -0.3 is 19.5 Å². The highest BCUT2D eigenvalue weighted by atomic mass is 16.5. The molecule has 1 aromatic heterocycles. The maximum atomic E-state index is 12.9. The third kappa shape index (κ3) is 3.62. The molecular formula is C18H21N3O4. The Kier molecular flexibility index (Phi) is 5.25. The average molecular weight is 343 g/mol. The lowest BCUT2D eigenvalue weighted by atomic mass is 10.1. The number of hydrogen-bond donors (Lipinski definition) is 1. The predicted molar refractivity (Wildman–Crippen MR) is 91.3 cm³/mol. The highest BCUT2D eigenvalue weighted by Crippen LogP contribution is 2.22. The van der Waals surface area contributed by atoms with E-state index in [4.69, 9.17) is 9.47 Å². The summed E-state index contributed by atoms with van der Waals surface area (Å²) in [5, 5.41) is 18.1. The number of rotatable bonds is 5. The van der Waals surface area contributed by atoms with E-state index in [0.29, 0.717) is 30.3 Å². The number of benzene rings is 1. The lowest BCUT2D eigenvalue weighted by molar-refractivity contribution is 0.0520. The predicted octanol–water partition coefficient (Wildman–Crippen LogP) is 1.37. The van der Waals surface area contributed by atoms with Gasteiger partial charge in [-0.2, -0.15) is 0 Å². The first-order valence-corrected chi connectivity index (χ1v) is 8.19. The number of amides is 1.